The summed E-state index contributed by atoms with van der Waals surface area (Å²) in [6, 6.07) is -3.18. The van der Waals surface area contributed by atoms with E-state index in [1.54, 1.807) is 44.2 Å². The molecule has 2 aromatic rings. The Morgan fingerprint density at radius 3 is 1.74 bits per heavy atom. The molecular formula is C42H66N14O12. The van der Waals surface area contributed by atoms with Crippen LogP contribution in [0.15, 0.2) is 34.9 Å². The van der Waals surface area contributed by atoms with Gasteiger partial charge in [-0.15, -0.1) is 0 Å². The first-order valence-electron chi connectivity index (χ1n) is 22.3. The van der Waals surface area contributed by atoms with Crippen molar-refractivity contribution in [2.45, 2.75) is 121 Å². The van der Waals surface area contributed by atoms with E-state index in [-0.39, 0.29) is 63.5 Å². The zero-order valence-electron chi connectivity index (χ0n) is 38.5. The third-order valence-corrected chi connectivity index (χ3v) is 10.5. The average Bonchev–Trinajstić information content (AvgIpc) is 3.74. The molecule has 2 heterocycles. The highest BCUT2D eigenvalue weighted by Crippen LogP contribution is 2.11. The number of amides is 9. The number of rotatable bonds is 16. The summed E-state index contributed by atoms with van der Waals surface area (Å²) < 4.78 is 4.79. The van der Waals surface area contributed by atoms with Crippen molar-refractivity contribution in [3.05, 3.63) is 47.6 Å². The van der Waals surface area contributed by atoms with Gasteiger partial charge in [0.25, 0.3) is 11.7 Å². The van der Waals surface area contributed by atoms with Crippen molar-refractivity contribution in [3.63, 3.8) is 0 Å². The smallest absolute Gasteiger partial charge is 0.293 e. The molecule has 1 aromatic carbocycles. The minimum absolute atomic E-state index is 0.0327. The lowest BCUT2D eigenvalue weighted by Gasteiger charge is -2.28. The maximum Gasteiger partial charge on any atom is 0.293 e. The fourth-order valence-electron chi connectivity index (χ4n) is 6.89. The van der Waals surface area contributed by atoms with Crippen molar-refractivity contribution in [2.24, 2.45) is 23.1 Å². The topological polar surface area (TPSA) is 419 Å². The van der Waals surface area contributed by atoms with Crippen LogP contribution in [-0.4, -0.2) is 161 Å². The predicted molar refractivity (Wildman–Crippen MR) is 241 cm³/mol. The van der Waals surface area contributed by atoms with Crippen molar-refractivity contribution in [2.75, 3.05) is 32.8 Å². The van der Waals surface area contributed by atoms with E-state index in [9.17, 15) is 53.4 Å². The zero-order valence-corrected chi connectivity index (χ0v) is 38.5. The Bertz CT molecular complexity index is 2040. The van der Waals surface area contributed by atoms with Crippen LogP contribution in [0.2, 0.25) is 0 Å². The number of benzene rings is 1. The molecule has 1 aromatic heterocycles. The molecule has 9 atom stereocenters. The normalized spacial score (nSPS) is 23.9. The SMILES string of the molecule is Cc1nc(C(=O)N[C@H](CO)C(=O)N[C@H]2CCNC(=O)[C@H]([C@@H](C)O)NC(=O)[C@H](CCN)NC(=O)[C@H](CCN)NC(=O)[C@H](CC(C)C)NC(=O)[C@@H](Cc3ccccc3)NC(=O)[C@H](CCN)NC2=O)no1. The maximum atomic E-state index is 14.2. The number of nitrogens with one attached hydrogen (secondary N) is 9. The van der Waals surface area contributed by atoms with E-state index in [1.165, 1.54) is 13.8 Å². The lowest BCUT2D eigenvalue weighted by molar-refractivity contribution is -0.136. The highest BCUT2D eigenvalue weighted by atomic mass is 16.5. The Balaban J connectivity index is 2.10. The molecule has 26 heteroatoms. The summed E-state index contributed by atoms with van der Waals surface area (Å²) in [6.07, 6.45) is -2.44. The number of carbonyl (C=O) groups excluding carboxylic acids is 9. The lowest BCUT2D eigenvalue weighted by Crippen LogP contribution is -2.61. The van der Waals surface area contributed by atoms with E-state index in [0.29, 0.717) is 5.56 Å². The van der Waals surface area contributed by atoms with Crippen LogP contribution in [0, 0.1) is 12.8 Å². The summed E-state index contributed by atoms with van der Waals surface area (Å²) in [7, 11) is 0. The second kappa shape index (κ2) is 27.9. The number of hydrogen-bond acceptors (Lipinski definition) is 17. The maximum absolute atomic E-state index is 14.2. The Labute approximate surface area is 392 Å². The number of aryl methyl sites for hydroxylation is 1. The first kappa shape index (κ1) is 55.7. The third-order valence-electron chi connectivity index (χ3n) is 10.5. The van der Waals surface area contributed by atoms with E-state index in [0.717, 1.165) is 0 Å². The van der Waals surface area contributed by atoms with Gasteiger partial charge >= 0.3 is 0 Å². The number of aromatic nitrogens is 2. The minimum Gasteiger partial charge on any atom is -0.394 e. The number of nitrogens with two attached hydrogens (primary N) is 3. The molecule has 0 radical (unpaired) electrons. The highest BCUT2D eigenvalue weighted by Gasteiger charge is 2.36. The van der Waals surface area contributed by atoms with Gasteiger partial charge < -0.3 is 79.8 Å². The van der Waals surface area contributed by atoms with E-state index in [1.807, 2.05) is 0 Å². The van der Waals surface area contributed by atoms with Gasteiger partial charge in [-0.2, -0.15) is 4.98 Å². The van der Waals surface area contributed by atoms with Crippen LogP contribution in [0.25, 0.3) is 0 Å². The molecule has 1 saturated heterocycles. The zero-order chi connectivity index (χ0) is 50.5. The van der Waals surface area contributed by atoms with Gasteiger partial charge in [0.05, 0.1) is 12.7 Å². The Hall–Kier alpha value is -6.61. The molecule has 17 N–H and O–H groups in total. The van der Waals surface area contributed by atoms with Crippen LogP contribution in [0.3, 0.4) is 0 Å². The van der Waals surface area contributed by atoms with Crippen LogP contribution in [0.1, 0.15) is 74.9 Å². The van der Waals surface area contributed by atoms with Gasteiger partial charge in [-0.05, 0) is 70.1 Å². The Morgan fingerprint density at radius 2 is 1.24 bits per heavy atom. The van der Waals surface area contributed by atoms with Gasteiger partial charge in [0.15, 0.2) is 0 Å². The van der Waals surface area contributed by atoms with Crippen LogP contribution >= 0.6 is 0 Å². The molecule has 1 aliphatic rings. The molecule has 9 amide bonds. The largest absolute Gasteiger partial charge is 0.394 e. The van der Waals surface area contributed by atoms with E-state index < -0.39 is 133 Å². The second-order valence-corrected chi connectivity index (χ2v) is 16.6. The van der Waals surface area contributed by atoms with Crippen molar-refractivity contribution in [3.8, 4) is 0 Å². The van der Waals surface area contributed by atoms with Crippen LogP contribution in [-0.2, 0) is 44.8 Å². The number of nitrogens with zero attached hydrogens (tertiary/aromatic N) is 2. The quantitative estimate of drug-likeness (QED) is 0.0745. The van der Waals surface area contributed by atoms with E-state index in [4.69, 9.17) is 21.7 Å². The lowest BCUT2D eigenvalue weighted by atomic mass is 10.00. The molecule has 0 aliphatic carbocycles. The molecular weight excluding hydrogens is 893 g/mol. The highest BCUT2D eigenvalue weighted by molar-refractivity contribution is 5.99. The van der Waals surface area contributed by atoms with Gasteiger partial charge in [-0.3, -0.25) is 43.2 Å². The molecule has 0 unspecified atom stereocenters. The Morgan fingerprint density at radius 1 is 0.735 bits per heavy atom. The summed E-state index contributed by atoms with van der Waals surface area (Å²) in [5.41, 5.74) is 18.1. The van der Waals surface area contributed by atoms with Crippen LogP contribution in [0.5, 0.6) is 0 Å². The molecule has 1 fully saturated rings. The van der Waals surface area contributed by atoms with Crippen LogP contribution < -0.4 is 65.1 Å². The fourth-order valence-corrected chi connectivity index (χ4v) is 6.89. The Kier molecular flexibility index (Phi) is 22.9. The second-order valence-electron chi connectivity index (χ2n) is 16.6. The monoisotopic (exact) mass is 958 g/mol. The minimum atomic E-state index is -1.69. The van der Waals surface area contributed by atoms with Crippen molar-refractivity contribution < 1.29 is 57.9 Å². The summed E-state index contributed by atoms with van der Waals surface area (Å²) in [4.78, 5) is 127. The summed E-state index contributed by atoms with van der Waals surface area (Å²) >= 11 is 0. The average molecular weight is 959 g/mol. The molecule has 376 valence electrons. The van der Waals surface area contributed by atoms with Crippen molar-refractivity contribution in [1.29, 1.82) is 0 Å². The van der Waals surface area contributed by atoms with Gasteiger partial charge in [0.2, 0.25) is 53.1 Å². The molecule has 3 rings (SSSR count). The van der Waals surface area contributed by atoms with Gasteiger partial charge in [-0.1, -0.05) is 49.3 Å². The molecule has 26 nitrogen and oxygen atoms in total. The number of aliphatic hydroxyl groups is 2. The van der Waals surface area contributed by atoms with Gasteiger partial charge in [0, 0.05) is 19.9 Å². The third kappa shape index (κ3) is 17.6. The van der Waals surface area contributed by atoms with E-state index >= 15 is 0 Å². The summed E-state index contributed by atoms with van der Waals surface area (Å²) in [6.45, 7) is 4.42. The summed E-state index contributed by atoms with van der Waals surface area (Å²) in [5, 5.41) is 46.7. The number of carbonyl (C=O) groups is 9. The summed E-state index contributed by atoms with van der Waals surface area (Å²) in [5.74, 6) is -8.96. The van der Waals surface area contributed by atoms with Gasteiger partial charge in [-0.25, -0.2) is 0 Å². The predicted octanol–water partition coefficient (Wildman–Crippen LogP) is -5.90. The number of hydrogen-bond donors (Lipinski definition) is 14. The standard InChI is InChI=1S/C42H66N14O12/c1-21(2)18-29-38(63)50-25(10-14-43)34(59)49-27(12-16-45)37(62)55-32(22(3)58)41(66)46-17-13-28(51-40(65)31(20-57)54-42(67)33-47-23(4)68-56-33)36(61)48-26(11-15-44)35(60)53-30(39(64)52-29)19-24-8-6-5-7-9-24/h5-9,21-22,25-32,57-58H,10-20,43-45H2,1-4H3,(H,46,66)(H,48,61)(H,49,59)(H,50,63)(H,51,65)(H,52,64)(H,53,60)(H,54,67)(H,55,62)/t22-,25+,26+,27+,28+,29+,30-,31-,32+/m1/s1. The van der Waals surface area contributed by atoms with Crippen molar-refractivity contribution in [1.82, 2.24) is 58.0 Å². The van der Waals surface area contributed by atoms with E-state index in [2.05, 4.69) is 58.0 Å². The fraction of sp³-hybridized carbons (Fsp3) is 0.595. The van der Waals surface area contributed by atoms with Gasteiger partial charge in [0.1, 0.15) is 48.3 Å². The number of aliphatic hydroxyl groups excluding tert-OH is 2. The van der Waals surface area contributed by atoms with Crippen molar-refractivity contribution >= 4 is 53.2 Å². The molecule has 0 saturated carbocycles. The first-order valence-corrected chi connectivity index (χ1v) is 22.3. The first-order chi connectivity index (χ1) is 32.3. The molecule has 1 aliphatic heterocycles. The molecule has 68 heavy (non-hydrogen) atoms. The molecule has 0 spiro atoms. The van der Waals surface area contributed by atoms with Crippen LogP contribution in [0.4, 0.5) is 0 Å². The molecule has 0 bridgehead atoms.